The van der Waals surface area contributed by atoms with Crippen molar-refractivity contribution in [1.29, 1.82) is 0 Å². The normalized spacial score (nSPS) is 21.6. The van der Waals surface area contributed by atoms with Crippen molar-refractivity contribution in [3.05, 3.63) is 23.8 Å². The fourth-order valence-corrected chi connectivity index (χ4v) is 2.00. The number of aliphatic imine (C=N–C) groups is 1. The Hall–Kier alpha value is -1.55. The number of phenols is 1. The van der Waals surface area contributed by atoms with Crippen LogP contribution in [0.3, 0.4) is 0 Å². The van der Waals surface area contributed by atoms with Gasteiger partial charge in [0, 0.05) is 6.07 Å². The zero-order valence-corrected chi connectivity index (χ0v) is 7.53. The van der Waals surface area contributed by atoms with E-state index in [0.29, 0.717) is 19.0 Å². The molecule has 1 fully saturated rings. The van der Waals surface area contributed by atoms with Gasteiger partial charge in [0.15, 0.2) is 0 Å². The SMILES string of the molecule is NC1=Nc2cc(O)ccc2C12COC2. The van der Waals surface area contributed by atoms with Crippen LogP contribution in [0.5, 0.6) is 5.75 Å². The number of phenolic OH excluding ortho intramolecular Hbond substituents is 1. The van der Waals surface area contributed by atoms with Crippen molar-refractivity contribution in [3.63, 3.8) is 0 Å². The summed E-state index contributed by atoms with van der Waals surface area (Å²) in [7, 11) is 0. The molecule has 0 saturated carbocycles. The largest absolute Gasteiger partial charge is 0.508 e. The second-order valence-electron chi connectivity index (χ2n) is 3.77. The summed E-state index contributed by atoms with van der Waals surface area (Å²) in [5, 5.41) is 9.30. The van der Waals surface area contributed by atoms with E-state index in [1.54, 1.807) is 12.1 Å². The van der Waals surface area contributed by atoms with E-state index < -0.39 is 0 Å². The maximum Gasteiger partial charge on any atom is 0.117 e. The highest BCUT2D eigenvalue weighted by molar-refractivity contribution is 6.00. The maximum absolute atomic E-state index is 9.30. The van der Waals surface area contributed by atoms with Gasteiger partial charge in [0.25, 0.3) is 0 Å². The first kappa shape index (κ1) is 7.82. The minimum Gasteiger partial charge on any atom is -0.508 e. The fraction of sp³-hybridized carbons (Fsp3) is 0.300. The molecular formula is C10H10N2O2. The number of hydrogen-bond acceptors (Lipinski definition) is 4. The van der Waals surface area contributed by atoms with Crippen LogP contribution in [0.2, 0.25) is 0 Å². The summed E-state index contributed by atoms with van der Waals surface area (Å²) in [4.78, 5) is 4.24. The summed E-state index contributed by atoms with van der Waals surface area (Å²) in [6.07, 6.45) is 0. The van der Waals surface area contributed by atoms with Gasteiger partial charge in [-0.05, 0) is 11.6 Å². The van der Waals surface area contributed by atoms with Gasteiger partial charge >= 0.3 is 0 Å². The molecule has 0 bridgehead atoms. The maximum atomic E-state index is 9.30. The van der Waals surface area contributed by atoms with Crippen LogP contribution < -0.4 is 5.73 Å². The average Bonchev–Trinajstić information content (AvgIpc) is 2.34. The van der Waals surface area contributed by atoms with Crippen LogP contribution >= 0.6 is 0 Å². The lowest BCUT2D eigenvalue weighted by Gasteiger charge is -2.38. The molecule has 1 saturated heterocycles. The Morgan fingerprint density at radius 3 is 2.86 bits per heavy atom. The number of ether oxygens (including phenoxy) is 1. The zero-order valence-electron chi connectivity index (χ0n) is 7.53. The molecule has 4 nitrogen and oxygen atoms in total. The molecule has 3 rings (SSSR count). The molecule has 72 valence electrons. The predicted molar refractivity (Wildman–Crippen MR) is 51.9 cm³/mol. The molecular weight excluding hydrogens is 180 g/mol. The quantitative estimate of drug-likeness (QED) is 0.631. The highest BCUT2D eigenvalue weighted by atomic mass is 16.5. The molecule has 0 aromatic heterocycles. The summed E-state index contributed by atoms with van der Waals surface area (Å²) < 4.78 is 5.19. The first-order valence-electron chi connectivity index (χ1n) is 4.48. The smallest absolute Gasteiger partial charge is 0.117 e. The number of rotatable bonds is 0. The Labute approximate surface area is 81.0 Å². The Balaban J connectivity index is 2.20. The van der Waals surface area contributed by atoms with Crippen molar-refractivity contribution in [2.75, 3.05) is 13.2 Å². The number of nitrogens with zero attached hydrogens (tertiary/aromatic N) is 1. The number of fused-ring (bicyclic) bond motifs is 2. The second kappa shape index (κ2) is 2.27. The predicted octanol–water partition coefficient (Wildman–Crippen LogP) is 0.663. The Bertz CT molecular complexity index is 436. The van der Waals surface area contributed by atoms with Crippen LogP contribution in [-0.2, 0) is 10.2 Å². The standard InChI is InChI=1S/C10H10N2O2/c11-9-10(4-14-5-10)7-2-1-6(13)3-8(7)12-9/h1-3,13H,4-5H2,(H2,11,12). The minimum absolute atomic E-state index is 0.205. The fourth-order valence-electron chi connectivity index (χ4n) is 2.00. The Morgan fingerprint density at radius 1 is 1.43 bits per heavy atom. The van der Waals surface area contributed by atoms with E-state index >= 15 is 0 Å². The lowest BCUT2D eigenvalue weighted by molar-refractivity contribution is -0.0220. The van der Waals surface area contributed by atoms with E-state index in [1.807, 2.05) is 6.07 Å². The van der Waals surface area contributed by atoms with Crippen molar-refractivity contribution in [2.24, 2.45) is 10.7 Å². The second-order valence-corrected chi connectivity index (χ2v) is 3.77. The molecule has 0 radical (unpaired) electrons. The third-order valence-corrected chi connectivity index (χ3v) is 2.93. The molecule has 0 atom stereocenters. The van der Waals surface area contributed by atoms with Gasteiger partial charge in [-0.3, -0.25) is 0 Å². The van der Waals surface area contributed by atoms with Crippen molar-refractivity contribution < 1.29 is 9.84 Å². The monoisotopic (exact) mass is 190 g/mol. The van der Waals surface area contributed by atoms with E-state index in [-0.39, 0.29) is 11.2 Å². The minimum atomic E-state index is -0.205. The van der Waals surface area contributed by atoms with Gasteiger partial charge < -0.3 is 15.6 Å². The molecule has 2 aliphatic heterocycles. The van der Waals surface area contributed by atoms with E-state index in [4.69, 9.17) is 10.5 Å². The number of aromatic hydroxyl groups is 1. The van der Waals surface area contributed by atoms with Crippen LogP contribution in [0.15, 0.2) is 23.2 Å². The molecule has 3 N–H and O–H groups in total. The van der Waals surface area contributed by atoms with E-state index in [0.717, 1.165) is 11.3 Å². The van der Waals surface area contributed by atoms with Crippen molar-refractivity contribution in [1.82, 2.24) is 0 Å². The van der Waals surface area contributed by atoms with E-state index in [9.17, 15) is 5.11 Å². The highest BCUT2D eigenvalue weighted by Crippen LogP contribution is 2.44. The summed E-state index contributed by atoms with van der Waals surface area (Å²) >= 11 is 0. The summed E-state index contributed by atoms with van der Waals surface area (Å²) in [6.45, 7) is 1.19. The van der Waals surface area contributed by atoms with Gasteiger partial charge in [-0.2, -0.15) is 0 Å². The Morgan fingerprint density at radius 2 is 2.21 bits per heavy atom. The molecule has 2 heterocycles. The summed E-state index contributed by atoms with van der Waals surface area (Å²) in [5.41, 5.74) is 7.50. The van der Waals surface area contributed by atoms with Gasteiger partial charge in [-0.1, -0.05) is 6.07 Å². The lowest BCUT2D eigenvalue weighted by Crippen LogP contribution is -2.54. The first-order chi connectivity index (χ1) is 6.72. The molecule has 14 heavy (non-hydrogen) atoms. The van der Waals surface area contributed by atoms with Gasteiger partial charge in [0.2, 0.25) is 0 Å². The summed E-state index contributed by atoms with van der Waals surface area (Å²) in [5.74, 6) is 0.821. The molecule has 1 spiro atoms. The third-order valence-electron chi connectivity index (χ3n) is 2.93. The van der Waals surface area contributed by atoms with Gasteiger partial charge in [0.1, 0.15) is 17.0 Å². The molecule has 0 unspecified atom stereocenters. The number of benzene rings is 1. The number of nitrogens with two attached hydrogens (primary N) is 1. The van der Waals surface area contributed by atoms with Crippen molar-refractivity contribution >= 4 is 11.5 Å². The number of amidine groups is 1. The van der Waals surface area contributed by atoms with Gasteiger partial charge in [-0.15, -0.1) is 0 Å². The van der Waals surface area contributed by atoms with Crippen LogP contribution in [0.25, 0.3) is 0 Å². The van der Waals surface area contributed by atoms with Crippen LogP contribution in [0, 0.1) is 0 Å². The summed E-state index contributed by atoms with van der Waals surface area (Å²) in [6, 6.07) is 5.17. The molecule has 1 aromatic carbocycles. The molecule has 2 aliphatic rings. The van der Waals surface area contributed by atoms with Crippen LogP contribution in [0.1, 0.15) is 5.56 Å². The van der Waals surface area contributed by atoms with E-state index in [2.05, 4.69) is 4.99 Å². The lowest BCUT2D eigenvalue weighted by atomic mass is 9.79. The molecule has 4 heteroatoms. The van der Waals surface area contributed by atoms with Crippen molar-refractivity contribution in [3.8, 4) is 5.75 Å². The van der Waals surface area contributed by atoms with Gasteiger partial charge in [-0.25, -0.2) is 4.99 Å². The van der Waals surface area contributed by atoms with Crippen LogP contribution in [0.4, 0.5) is 5.69 Å². The molecule has 0 amide bonds. The average molecular weight is 190 g/mol. The molecule has 0 aliphatic carbocycles. The molecule has 1 aromatic rings. The van der Waals surface area contributed by atoms with Gasteiger partial charge in [0.05, 0.1) is 18.9 Å². The third kappa shape index (κ3) is 0.743. The van der Waals surface area contributed by atoms with E-state index in [1.165, 1.54) is 0 Å². The first-order valence-corrected chi connectivity index (χ1v) is 4.48. The van der Waals surface area contributed by atoms with Crippen LogP contribution in [-0.4, -0.2) is 24.2 Å². The van der Waals surface area contributed by atoms with Crippen molar-refractivity contribution in [2.45, 2.75) is 5.41 Å². The topological polar surface area (TPSA) is 67.8 Å². The number of hydrogen-bond donors (Lipinski definition) is 2. The highest BCUT2D eigenvalue weighted by Gasteiger charge is 2.48. The zero-order chi connectivity index (χ0) is 9.76. The Kier molecular flexibility index (Phi) is 1.27.